The topological polar surface area (TPSA) is 83.9 Å². The van der Waals surface area contributed by atoms with Crippen molar-refractivity contribution < 1.29 is 23.1 Å². The van der Waals surface area contributed by atoms with Gasteiger partial charge in [-0.1, -0.05) is 0 Å². The summed E-state index contributed by atoms with van der Waals surface area (Å²) in [5, 5.41) is 11.0. The van der Waals surface area contributed by atoms with Crippen LogP contribution in [0.4, 0.5) is 5.69 Å². The van der Waals surface area contributed by atoms with Gasteiger partial charge in [-0.05, 0) is 49.2 Å². The van der Waals surface area contributed by atoms with Gasteiger partial charge in [0, 0.05) is 36.9 Å². The highest BCUT2D eigenvalue weighted by Crippen LogP contribution is 2.41. The number of carbonyl (C=O) groups is 1. The lowest BCUT2D eigenvalue weighted by Gasteiger charge is -2.34. The summed E-state index contributed by atoms with van der Waals surface area (Å²) in [7, 11) is -1.98. The van der Waals surface area contributed by atoms with Crippen LogP contribution in [0.2, 0.25) is 0 Å². The number of carbonyl (C=O) groups excluding carboxylic acids is 1. The van der Waals surface area contributed by atoms with Gasteiger partial charge in [-0.2, -0.15) is 0 Å². The number of aryl methyl sites for hydroxylation is 1. The molecule has 1 N–H and O–H groups in total. The molecule has 2 aliphatic heterocycles. The molecule has 0 unspecified atom stereocenters. The van der Waals surface area contributed by atoms with Crippen molar-refractivity contribution in [2.45, 2.75) is 53.4 Å². The minimum atomic E-state index is -3.69. The monoisotopic (exact) mass is 421 g/mol. The highest BCUT2D eigenvalue weighted by Gasteiger charge is 2.37. The van der Waals surface area contributed by atoms with Crippen LogP contribution in [0.5, 0.6) is 0 Å². The van der Waals surface area contributed by atoms with Crippen LogP contribution in [0.25, 0.3) is 0 Å². The molecule has 0 aliphatic carbocycles. The third-order valence-corrected chi connectivity index (χ3v) is 9.07. The van der Waals surface area contributed by atoms with Gasteiger partial charge in [0.2, 0.25) is 15.7 Å². The fourth-order valence-corrected chi connectivity index (χ4v) is 6.81. The van der Waals surface area contributed by atoms with E-state index in [-0.39, 0.29) is 21.1 Å². The second-order valence-corrected chi connectivity index (χ2v) is 10.8. The van der Waals surface area contributed by atoms with E-state index in [2.05, 4.69) is 0 Å². The van der Waals surface area contributed by atoms with E-state index in [4.69, 9.17) is 4.74 Å². The van der Waals surface area contributed by atoms with Crippen molar-refractivity contribution in [1.29, 1.82) is 0 Å². The highest BCUT2D eigenvalue weighted by atomic mass is 32.2. The lowest BCUT2D eigenvalue weighted by atomic mass is 9.89. The van der Waals surface area contributed by atoms with Crippen molar-refractivity contribution in [2.24, 2.45) is 0 Å². The van der Waals surface area contributed by atoms with Crippen LogP contribution in [0, 0.1) is 0 Å². The predicted molar refractivity (Wildman–Crippen MR) is 106 cm³/mol. The van der Waals surface area contributed by atoms with Crippen LogP contribution >= 0.6 is 11.3 Å². The van der Waals surface area contributed by atoms with E-state index in [0.717, 1.165) is 22.6 Å². The average molecular weight is 422 g/mol. The fourth-order valence-electron chi connectivity index (χ4n) is 3.92. The molecule has 6 nitrogen and oxygen atoms in total. The zero-order valence-electron chi connectivity index (χ0n) is 15.8. The molecule has 28 heavy (non-hydrogen) atoms. The highest BCUT2D eigenvalue weighted by molar-refractivity contribution is 7.93. The van der Waals surface area contributed by atoms with E-state index in [1.54, 1.807) is 42.3 Å². The second-order valence-electron chi connectivity index (χ2n) is 7.53. The van der Waals surface area contributed by atoms with Gasteiger partial charge in [0.15, 0.2) is 0 Å². The first kappa shape index (κ1) is 19.6. The molecule has 1 fully saturated rings. The fraction of sp³-hybridized carbons (Fsp3) is 0.450. The van der Waals surface area contributed by atoms with Gasteiger partial charge in [-0.3, -0.25) is 4.79 Å². The summed E-state index contributed by atoms with van der Waals surface area (Å²) in [5.41, 5.74) is 0.569. The van der Waals surface area contributed by atoms with E-state index in [1.165, 1.54) is 0 Å². The number of fused-ring (bicyclic) bond motifs is 1. The molecule has 0 bridgehead atoms. The second kappa shape index (κ2) is 6.95. The van der Waals surface area contributed by atoms with Gasteiger partial charge in [-0.15, -0.1) is 11.3 Å². The van der Waals surface area contributed by atoms with Crippen molar-refractivity contribution in [3.8, 4) is 0 Å². The quantitative estimate of drug-likeness (QED) is 0.824. The van der Waals surface area contributed by atoms with Crippen molar-refractivity contribution in [3.63, 3.8) is 0 Å². The number of benzene rings is 1. The SMILES string of the molecule is C[C@H]1C[C@@](O)(c2ccc(S(=O)(=O)c3ccc4c(c3)CCC(=O)N4C)s2)CCO1. The van der Waals surface area contributed by atoms with Crippen molar-refractivity contribution in [2.75, 3.05) is 18.6 Å². The van der Waals surface area contributed by atoms with Gasteiger partial charge in [0.25, 0.3) is 0 Å². The Bertz CT molecular complexity index is 1030. The standard InChI is InChI=1S/C20H23NO5S2/c1-13-12-20(23,9-10-26-13)17-6-8-19(27-17)28(24,25)15-4-5-16-14(11-15)3-7-18(22)21(16)2/h4-6,8,11,13,23H,3,7,9-10,12H2,1-2H3/t13-,20+/m0/s1. The number of anilines is 1. The summed E-state index contributed by atoms with van der Waals surface area (Å²) in [5.74, 6) is 0.0324. The summed E-state index contributed by atoms with van der Waals surface area (Å²) in [6.07, 6.45) is 1.75. The molecule has 150 valence electrons. The van der Waals surface area contributed by atoms with Crippen molar-refractivity contribution in [1.82, 2.24) is 0 Å². The maximum atomic E-state index is 13.2. The molecule has 8 heteroatoms. The van der Waals surface area contributed by atoms with Crippen LogP contribution in [-0.4, -0.2) is 39.2 Å². The first-order chi connectivity index (χ1) is 13.2. The molecule has 1 aromatic carbocycles. The maximum Gasteiger partial charge on any atom is 0.227 e. The number of ether oxygens (including phenoxy) is 1. The van der Waals surface area contributed by atoms with Gasteiger partial charge in [0.1, 0.15) is 9.81 Å². The average Bonchev–Trinajstić information content (AvgIpc) is 3.16. The molecule has 1 saturated heterocycles. The number of rotatable bonds is 3. The normalized spacial score (nSPS) is 25.6. The number of aliphatic hydroxyl groups is 1. The van der Waals surface area contributed by atoms with Crippen molar-refractivity contribution in [3.05, 3.63) is 40.8 Å². The number of thiophene rings is 1. The summed E-state index contributed by atoms with van der Waals surface area (Å²) < 4.78 is 32.0. The van der Waals surface area contributed by atoms with Crippen LogP contribution in [0.1, 0.15) is 36.6 Å². The van der Waals surface area contributed by atoms with Crippen LogP contribution in [0.15, 0.2) is 39.4 Å². The Kier molecular flexibility index (Phi) is 4.86. The molecule has 0 radical (unpaired) electrons. The molecule has 2 atom stereocenters. The predicted octanol–water partition coefficient (Wildman–Crippen LogP) is 2.88. The maximum absolute atomic E-state index is 13.2. The van der Waals surface area contributed by atoms with Crippen LogP contribution in [0.3, 0.4) is 0 Å². The lowest BCUT2D eigenvalue weighted by Crippen LogP contribution is -2.36. The Morgan fingerprint density at radius 2 is 2.04 bits per heavy atom. The molecule has 4 rings (SSSR count). The lowest BCUT2D eigenvalue weighted by molar-refractivity contribution is -0.118. The Labute approximate surface area is 168 Å². The Morgan fingerprint density at radius 3 is 2.79 bits per heavy atom. The zero-order chi connectivity index (χ0) is 20.1. The molecular weight excluding hydrogens is 398 g/mol. The molecular formula is C20H23NO5S2. The van der Waals surface area contributed by atoms with Gasteiger partial charge >= 0.3 is 0 Å². The Hall–Kier alpha value is -1.74. The number of hydrogen-bond donors (Lipinski definition) is 1. The summed E-state index contributed by atoms with van der Waals surface area (Å²) in [4.78, 5) is 14.3. The number of hydrogen-bond acceptors (Lipinski definition) is 6. The smallest absolute Gasteiger partial charge is 0.227 e. The van der Waals surface area contributed by atoms with Gasteiger partial charge < -0.3 is 14.7 Å². The molecule has 3 heterocycles. The number of amides is 1. The third-order valence-electron chi connectivity index (χ3n) is 5.55. The molecule has 2 aliphatic rings. The minimum absolute atomic E-state index is 0.0324. The first-order valence-electron chi connectivity index (χ1n) is 9.29. The van der Waals surface area contributed by atoms with Crippen LogP contribution in [-0.2, 0) is 31.4 Å². The third kappa shape index (κ3) is 3.28. The van der Waals surface area contributed by atoms with E-state index < -0.39 is 15.4 Å². The van der Waals surface area contributed by atoms with Crippen molar-refractivity contribution >= 4 is 32.8 Å². The molecule has 0 saturated carbocycles. The largest absolute Gasteiger partial charge is 0.384 e. The van der Waals surface area contributed by atoms with Gasteiger partial charge in [0.05, 0.1) is 17.6 Å². The van der Waals surface area contributed by atoms with E-state index in [9.17, 15) is 18.3 Å². The first-order valence-corrected chi connectivity index (χ1v) is 11.6. The Balaban J connectivity index is 1.67. The summed E-state index contributed by atoms with van der Waals surface area (Å²) in [6.45, 7) is 2.36. The van der Waals surface area contributed by atoms with Gasteiger partial charge in [-0.25, -0.2) is 8.42 Å². The molecule has 1 aromatic heterocycles. The van der Waals surface area contributed by atoms with E-state index in [1.807, 2.05) is 6.92 Å². The molecule has 0 spiro atoms. The van der Waals surface area contributed by atoms with Crippen LogP contribution < -0.4 is 4.90 Å². The summed E-state index contributed by atoms with van der Waals surface area (Å²) >= 11 is 1.12. The Morgan fingerprint density at radius 1 is 1.25 bits per heavy atom. The summed E-state index contributed by atoms with van der Waals surface area (Å²) in [6, 6.07) is 8.19. The van der Waals surface area contributed by atoms with E-state index in [0.29, 0.717) is 37.2 Å². The molecule has 2 aromatic rings. The van der Waals surface area contributed by atoms with E-state index >= 15 is 0 Å². The minimum Gasteiger partial charge on any atom is -0.384 e. The zero-order valence-corrected chi connectivity index (χ0v) is 17.5. The number of nitrogens with zero attached hydrogens (tertiary/aromatic N) is 1. The molecule has 1 amide bonds. The number of sulfone groups is 1.